The summed E-state index contributed by atoms with van der Waals surface area (Å²) >= 11 is 5.63. The van der Waals surface area contributed by atoms with Gasteiger partial charge in [0, 0.05) is 12.3 Å². The lowest BCUT2D eigenvalue weighted by molar-refractivity contribution is -0.117. The van der Waals surface area contributed by atoms with Crippen LogP contribution in [0.5, 0.6) is 0 Å². The Hall–Kier alpha value is -0.0400. The van der Waals surface area contributed by atoms with Gasteiger partial charge in [-0.25, -0.2) is 0 Å². The van der Waals surface area contributed by atoms with Gasteiger partial charge in [-0.3, -0.25) is 0 Å². The van der Waals surface area contributed by atoms with Gasteiger partial charge in [0.25, 0.3) is 0 Å². The van der Waals surface area contributed by atoms with Crippen LogP contribution >= 0.6 is 11.6 Å². The summed E-state index contributed by atoms with van der Waals surface area (Å²) in [5, 5.41) is 0. The Bertz CT molecular complexity index is 180. The van der Waals surface area contributed by atoms with Gasteiger partial charge in [-0.15, -0.1) is 11.6 Å². The number of rotatable bonds is 14. The molecule has 0 spiro atoms. The van der Waals surface area contributed by atoms with Crippen molar-refractivity contribution in [1.82, 2.24) is 0 Å². The number of hydrogen-bond donors (Lipinski definition) is 0. The van der Waals surface area contributed by atoms with E-state index in [4.69, 9.17) is 11.6 Å². The summed E-state index contributed by atoms with van der Waals surface area (Å²) in [7, 11) is 0. The van der Waals surface area contributed by atoms with E-state index in [2.05, 4.69) is 0 Å². The highest BCUT2D eigenvalue weighted by Crippen LogP contribution is 2.12. The SMILES string of the molecule is CC(=O)CCCCCCCCCCCCCCCl. The summed E-state index contributed by atoms with van der Waals surface area (Å²) in [6.45, 7) is 1.69. The molecule has 108 valence electrons. The third kappa shape index (κ3) is 16.0. The molecule has 0 aromatic rings. The van der Waals surface area contributed by atoms with E-state index in [0.29, 0.717) is 5.78 Å². The van der Waals surface area contributed by atoms with Crippen molar-refractivity contribution in [3.63, 3.8) is 0 Å². The molecule has 0 saturated heterocycles. The van der Waals surface area contributed by atoms with Crippen molar-refractivity contribution >= 4 is 17.4 Å². The minimum atomic E-state index is 0.337. The van der Waals surface area contributed by atoms with Crippen LogP contribution in [-0.4, -0.2) is 11.7 Å². The standard InChI is InChI=1S/C16H31ClO/c1-16(18)14-12-10-8-6-4-2-3-5-7-9-11-13-15-17/h2-15H2,1H3. The van der Waals surface area contributed by atoms with Crippen molar-refractivity contribution in [3.8, 4) is 0 Å². The molecule has 0 aliphatic rings. The van der Waals surface area contributed by atoms with Gasteiger partial charge in [0.15, 0.2) is 0 Å². The first-order valence-corrected chi connectivity index (χ1v) is 8.36. The number of alkyl halides is 1. The molecule has 0 saturated carbocycles. The van der Waals surface area contributed by atoms with E-state index in [1.807, 2.05) is 0 Å². The fourth-order valence-corrected chi connectivity index (χ4v) is 2.43. The molecule has 0 aliphatic carbocycles. The highest BCUT2D eigenvalue weighted by Gasteiger charge is 1.95. The van der Waals surface area contributed by atoms with E-state index in [9.17, 15) is 4.79 Å². The Kier molecular flexibility index (Phi) is 15.0. The Morgan fingerprint density at radius 3 is 1.33 bits per heavy atom. The number of halogens is 1. The van der Waals surface area contributed by atoms with E-state index < -0.39 is 0 Å². The predicted octanol–water partition coefficient (Wildman–Crippen LogP) is 5.89. The van der Waals surface area contributed by atoms with Gasteiger partial charge in [-0.1, -0.05) is 64.2 Å². The lowest BCUT2D eigenvalue weighted by atomic mass is 10.0. The van der Waals surface area contributed by atoms with Gasteiger partial charge in [-0.05, 0) is 19.8 Å². The molecule has 1 nitrogen and oxygen atoms in total. The van der Waals surface area contributed by atoms with Crippen molar-refractivity contribution in [3.05, 3.63) is 0 Å². The molecule has 0 unspecified atom stereocenters. The van der Waals surface area contributed by atoms with Crippen LogP contribution in [0.1, 0.15) is 90.4 Å². The van der Waals surface area contributed by atoms with Gasteiger partial charge < -0.3 is 4.79 Å². The van der Waals surface area contributed by atoms with E-state index in [1.165, 1.54) is 70.6 Å². The minimum Gasteiger partial charge on any atom is -0.300 e. The zero-order valence-corrected chi connectivity index (χ0v) is 12.9. The number of unbranched alkanes of at least 4 members (excludes halogenated alkanes) is 11. The van der Waals surface area contributed by atoms with Crippen LogP contribution in [0.4, 0.5) is 0 Å². The molecule has 2 heteroatoms. The van der Waals surface area contributed by atoms with Crippen LogP contribution in [0.3, 0.4) is 0 Å². The zero-order chi connectivity index (χ0) is 13.5. The molecule has 0 bridgehead atoms. The van der Waals surface area contributed by atoms with Crippen LogP contribution in [0.25, 0.3) is 0 Å². The minimum absolute atomic E-state index is 0.337. The molecule has 0 aliphatic heterocycles. The van der Waals surface area contributed by atoms with Crippen molar-refractivity contribution < 1.29 is 4.79 Å². The molecule has 0 heterocycles. The third-order valence-electron chi connectivity index (χ3n) is 3.41. The van der Waals surface area contributed by atoms with Crippen LogP contribution < -0.4 is 0 Å². The Labute approximate surface area is 119 Å². The van der Waals surface area contributed by atoms with Gasteiger partial charge in [0.1, 0.15) is 5.78 Å². The largest absolute Gasteiger partial charge is 0.300 e. The van der Waals surface area contributed by atoms with Crippen LogP contribution in [0.2, 0.25) is 0 Å². The summed E-state index contributed by atoms with van der Waals surface area (Å²) in [6, 6.07) is 0. The van der Waals surface area contributed by atoms with Crippen LogP contribution in [0, 0.1) is 0 Å². The van der Waals surface area contributed by atoms with Gasteiger partial charge in [-0.2, -0.15) is 0 Å². The normalized spacial score (nSPS) is 10.8. The van der Waals surface area contributed by atoms with E-state index in [1.54, 1.807) is 6.92 Å². The van der Waals surface area contributed by atoms with Crippen molar-refractivity contribution in [2.24, 2.45) is 0 Å². The lowest BCUT2D eigenvalue weighted by Gasteiger charge is -2.02. The van der Waals surface area contributed by atoms with Gasteiger partial charge in [0.2, 0.25) is 0 Å². The maximum Gasteiger partial charge on any atom is 0.129 e. The Morgan fingerprint density at radius 1 is 0.667 bits per heavy atom. The first-order valence-electron chi connectivity index (χ1n) is 7.82. The molecule has 0 rings (SSSR count). The smallest absolute Gasteiger partial charge is 0.129 e. The monoisotopic (exact) mass is 274 g/mol. The second-order valence-electron chi connectivity index (χ2n) is 5.38. The molecule has 0 amide bonds. The molecule has 0 aromatic carbocycles. The molecule has 0 aromatic heterocycles. The summed E-state index contributed by atoms with van der Waals surface area (Å²) in [4.78, 5) is 10.7. The number of carbonyl (C=O) groups is 1. The van der Waals surface area contributed by atoms with Crippen molar-refractivity contribution in [1.29, 1.82) is 0 Å². The Morgan fingerprint density at radius 2 is 1.00 bits per heavy atom. The molecule has 0 atom stereocenters. The third-order valence-corrected chi connectivity index (χ3v) is 3.68. The fourth-order valence-electron chi connectivity index (χ4n) is 2.24. The highest BCUT2D eigenvalue weighted by atomic mass is 35.5. The number of carbonyl (C=O) groups excluding carboxylic acids is 1. The van der Waals surface area contributed by atoms with Crippen molar-refractivity contribution in [2.45, 2.75) is 90.4 Å². The molecular weight excluding hydrogens is 244 g/mol. The number of hydrogen-bond acceptors (Lipinski definition) is 1. The second-order valence-corrected chi connectivity index (χ2v) is 5.76. The average Bonchev–Trinajstić information content (AvgIpc) is 2.34. The van der Waals surface area contributed by atoms with Crippen LogP contribution in [-0.2, 0) is 4.79 Å². The summed E-state index contributed by atoms with van der Waals surface area (Å²) in [5.74, 6) is 1.16. The van der Waals surface area contributed by atoms with E-state index in [0.717, 1.165) is 18.7 Å². The fraction of sp³-hybridized carbons (Fsp3) is 0.938. The van der Waals surface area contributed by atoms with E-state index in [-0.39, 0.29) is 0 Å². The molecule has 18 heavy (non-hydrogen) atoms. The molecule has 0 N–H and O–H groups in total. The quantitative estimate of drug-likeness (QED) is 0.285. The topological polar surface area (TPSA) is 17.1 Å². The van der Waals surface area contributed by atoms with Crippen molar-refractivity contribution in [2.75, 3.05) is 5.88 Å². The maximum atomic E-state index is 10.7. The van der Waals surface area contributed by atoms with Crippen LogP contribution in [0.15, 0.2) is 0 Å². The van der Waals surface area contributed by atoms with E-state index >= 15 is 0 Å². The lowest BCUT2D eigenvalue weighted by Crippen LogP contribution is -1.89. The number of ketones is 1. The molecule has 0 fully saturated rings. The zero-order valence-electron chi connectivity index (χ0n) is 12.2. The highest BCUT2D eigenvalue weighted by molar-refractivity contribution is 6.17. The first-order chi connectivity index (χ1) is 8.77. The summed E-state index contributed by atoms with van der Waals surface area (Å²) in [6.07, 6.45) is 16.6. The molecular formula is C16H31ClO. The second kappa shape index (κ2) is 15.0. The first kappa shape index (κ1) is 18.0. The maximum absolute atomic E-state index is 10.7. The molecule has 0 radical (unpaired) electrons. The average molecular weight is 275 g/mol. The number of Topliss-reactive ketones (excluding diaryl/α,β-unsaturated/α-hetero) is 1. The van der Waals surface area contributed by atoms with Gasteiger partial charge in [0.05, 0.1) is 0 Å². The van der Waals surface area contributed by atoms with Gasteiger partial charge >= 0.3 is 0 Å². The Balaban J connectivity index is 2.92. The summed E-state index contributed by atoms with van der Waals surface area (Å²) in [5.41, 5.74) is 0. The summed E-state index contributed by atoms with van der Waals surface area (Å²) < 4.78 is 0. The predicted molar refractivity (Wildman–Crippen MR) is 81.4 cm³/mol.